The van der Waals surface area contributed by atoms with Crippen LogP contribution in [0.3, 0.4) is 0 Å². The Hall–Kier alpha value is -0.830. The number of alkyl halides is 1. The molecule has 1 rings (SSSR count). The average Bonchev–Trinajstić information content (AvgIpc) is 2.34. The lowest BCUT2D eigenvalue weighted by Gasteiger charge is -2.19. The highest BCUT2D eigenvalue weighted by Crippen LogP contribution is 2.22. The van der Waals surface area contributed by atoms with E-state index in [-0.39, 0.29) is 11.3 Å². The number of carbonyl (C=O) groups is 1. The maximum Gasteiger partial charge on any atom is 0.251 e. The van der Waals surface area contributed by atoms with E-state index >= 15 is 0 Å². The van der Waals surface area contributed by atoms with Crippen LogP contribution >= 0.6 is 15.9 Å². The Bertz CT molecular complexity index is 417. The van der Waals surface area contributed by atoms with Gasteiger partial charge >= 0.3 is 0 Å². The molecule has 0 saturated carbocycles. The minimum absolute atomic E-state index is 0.00874. The molecule has 2 nitrogen and oxygen atoms in total. The molecule has 1 atom stereocenters. The zero-order valence-corrected chi connectivity index (χ0v) is 14.0. The van der Waals surface area contributed by atoms with Crippen molar-refractivity contribution >= 4 is 21.8 Å². The highest BCUT2D eigenvalue weighted by Gasteiger charge is 2.15. The van der Waals surface area contributed by atoms with E-state index in [0.29, 0.717) is 17.3 Å². The summed E-state index contributed by atoms with van der Waals surface area (Å²) < 4.78 is 0. The van der Waals surface area contributed by atoms with Gasteiger partial charge in [0.15, 0.2) is 0 Å². The first-order valence-corrected chi connectivity index (χ1v) is 7.66. The smallest absolute Gasteiger partial charge is 0.251 e. The number of nitrogens with one attached hydrogen (secondary N) is 1. The third-order valence-electron chi connectivity index (χ3n) is 3.19. The molecule has 106 valence electrons. The van der Waals surface area contributed by atoms with E-state index in [0.717, 1.165) is 5.56 Å². The van der Waals surface area contributed by atoms with Crippen LogP contribution in [0.1, 0.15) is 50.5 Å². The summed E-state index contributed by atoms with van der Waals surface area (Å²) in [6.07, 6.45) is 0. The SMILES string of the molecule is CC(C)C(Br)CNC(=O)c1ccc(C(C)(C)C)cc1. The van der Waals surface area contributed by atoms with Crippen molar-refractivity contribution in [2.75, 3.05) is 6.54 Å². The third-order valence-corrected chi connectivity index (χ3v) is 4.58. The maximum atomic E-state index is 12.0. The molecule has 3 heteroatoms. The zero-order chi connectivity index (χ0) is 14.6. The molecule has 1 aromatic carbocycles. The Kier molecular flexibility index (Phi) is 5.60. The highest BCUT2D eigenvalue weighted by molar-refractivity contribution is 9.09. The van der Waals surface area contributed by atoms with E-state index in [1.807, 2.05) is 24.3 Å². The summed E-state index contributed by atoms with van der Waals surface area (Å²) in [4.78, 5) is 12.3. The quantitative estimate of drug-likeness (QED) is 0.828. The molecule has 0 fully saturated rings. The van der Waals surface area contributed by atoms with Gasteiger partial charge in [-0.15, -0.1) is 0 Å². The van der Waals surface area contributed by atoms with Crippen LogP contribution in [0.5, 0.6) is 0 Å². The number of carbonyl (C=O) groups excluding carboxylic acids is 1. The van der Waals surface area contributed by atoms with Crippen molar-refractivity contribution in [2.24, 2.45) is 5.92 Å². The molecule has 0 heterocycles. The van der Waals surface area contributed by atoms with Crippen LogP contribution < -0.4 is 5.32 Å². The van der Waals surface area contributed by atoms with Crippen molar-refractivity contribution in [3.05, 3.63) is 35.4 Å². The van der Waals surface area contributed by atoms with Crippen LogP contribution in [0.4, 0.5) is 0 Å². The fraction of sp³-hybridized carbons (Fsp3) is 0.562. The summed E-state index contributed by atoms with van der Waals surface area (Å²) in [6.45, 7) is 11.4. The molecule has 0 aliphatic rings. The largest absolute Gasteiger partial charge is 0.351 e. The standard InChI is InChI=1S/C16H24BrNO/c1-11(2)14(17)10-18-15(19)12-6-8-13(9-7-12)16(3,4)5/h6-9,11,14H,10H2,1-5H3,(H,18,19). The van der Waals surface area contributed by atoms with Gasteiger partial charge in [0.05, 0.1) is 0 Å². The van der Waals surface area contributed by atoms with Gasteiger partial charge < -0.3 is 5.32 Å². The summed E-state index contributed by atoms with van der Waals surface area (Å²) >= 11 is 3.57. The summed E-state index contributed by atoms with van der Waals surface area (Å²) in [5.74, 6) is 0.495. The van der Waals surface area contributed by atoms with Crippen molar-refractivity contribution in [1.82, 2.24) is 5.32 Å². The van der Waals surface area contributed by atoms with Gasteiger partial charge in [-0.3, -0.25) is 4.79 Å². The van der Waals surface area contributed by atoms with Crippen molar-refractivity contribution < 1.29 is 4.79 Å². The molecule has 0 aliphatic carbocycles. The van der Waals surface area contributed by atoms with Crippen molar-refractivity contribution in [1.29, 1.82) is 0 Å². The van der Waals surface area contributed by atoms with E-state index in [1.165, 1.54) is 5.56 Å². The molecule has 0 aliphatic heterocycles. The second kappa shape index (κ2) is 6.56. The normalized spacial score (nSPS) is 13.4. The summed E-state index contributed by atoms with van der Waals surface area (Å²) in [5, 5.41) is 2.95. The van der Waals surface area contributed by atoms with E-state index in [2.05, 4.69) is 55.9 Å². The lowest BCUT2D eigenvalue weighted by Crippen LogP contribution is -2.31. The first-order chi connectivity index (χ1) is 8.71. The average molecular weight is 326 g/mol. The first kappa shape index (κ1) is 16.2. The predicted octanol–water partition coefficient (Wildman–Crippen LogP) is 4.13. The Morgan fingerprint density at radius 2 is 1.74 bits per heavy atom. The van der Waals surface area contributed by atoms with Gasteiger partial charge in [0.1, 0.15) is 0 Å². The van der Waals surface area contributed by atoms with E-state index in [4.69, 9.17) is 0 Å². The first-order valence-electron chi connectivity index (χ1n) is 6.74. The van der Waals surface area contributed by atoms with Gasteiger partial charge in [-0.05, 0) is 29.0 Å². The topological polar surface area (TPSA) is 29.1 Å². The molecule has 19 heavy (non-hydrogen) atoms. The highest BCUT2D eigenvalue weighted by atomic mass is 79.9. The minimum atomic E-state index is -0.00874. The zero-order valence-electron chi connectivity index (χ0n) is 12.5. The van der Waals surface area contributed by atoms with Crippen LogP contribution in [0, 0.1) is 5.92 Å². The second-order valence-corrected chi connectivity index (χ2v) is 7.47. The Balaban J connectivity index is 2.64. The van der Waals surface area contributed by atoms with Gasteiger partial charge in [0.25, 0.3) is 5.91 Å². The Morgan fingerprint density at radius 1 is 1.21 bits per heavy atom. The van der Waals surface area contributed by atoms with Gasteiger partial charge in [-0.2, -0.15) is 0 Å². The molecule has 0 spiro atoms. The van der Waals surface area contributed by atoms with Crippen molar-refractivity contribution in [2.45, 2.75) is 44.9 Å². The summed E-state index contributed by atoms with van der Waals surface area (Å²) in [6, 6.07) is 7.86. The molecular formula is C16H24BrNO. The van der Waals surface area contributed by atoms with E-state index < -0.39 is 0 Å². The molecular weight excluding hydrogens is 302 g/mol. The molecule has 1 unspecified atom stereocenters. The monoisotopic (exact) mass is 325 g/mol. The Labute approximate surface area is 125 Å². The van der Waals surface area contributed by atoms with E-state index in [1.54, 1.807) is 0 Å². The number of halogens is 1. The van der Waals surface area contributed by atoms with Crippen LogP contribution in [-0.2, 0) is 5.41 Å². The number of hydrogen-bond acceptors (Lipinski definition) is 1. The lowest BCUT2D eigenvalue weighted by atomic mass is 9.87. The minimum Gasteiger partial charge on any atom is -0.351 e. The number of rotatable bonds is 4. The van der Waals surface area contributed by atoms with Crippen LogP contribution in [-0.4, -0.2) is 17.3 Å². The molecule has 0 bridgehead atoms. The van der Waals surface area contributed by atoms with Crippen LogP contribution in [0.15, 0.2) is 24.3 Å². The second-order valence-electron chi connectivity index (χ2n) is 6.30. The molecule has 1 amide bonds. The molecule has 1 N–H and O–H groups in total. The number of hydrogen-bond donors (Lipinski definition) is 1. The molecule has 0 radical (unpaired) electrons. The summed E-state index contributed by atoms with van der Waals surface area (Å²) in [5.41, 5.74) is 2.08. The molecule has 0 aromatic heterocycles. The van der Waals surface area contributed by atoms with Gasteiger partial charge in [0, 0.05) is 16.9 Å². The van der Waals surface area contributed by atoms with Crippen molar-refractivity contribution in [3.63, 3.8) is 0 Å². The molecule has 0 saturated heterocycles. The van der Waals surface area contributed by atoms with Gasteiger partial charge in [-0.1, -0.05) is 62.7 Å². The predicted molar refractivity (Wildman–Crippen MR) is 85.0 cm³/mol. The van der Waals surface area contributed by atoms with Crippen molar-refractivity contribution in [3.8, 4) is 0 Å². The number of benzene rings is 1. The summed E-state index contributed by atoms with van der Waals surface area (Å²) in [7, 11) is 0. The Morgan fingerprint density at radius 3 is 2.16 bits per heavy atom. The van der Waals surface area contributed by atoms with Crippen LogP contribution in [0.25, 0.3) is 0 Å². The lowest BCUT2D eigenvalue weighted by molar-refractivity contribution is 0.0953. The van der Waals surface area contributed by atoms with E-state index in [9.17, 15) is 4.79 Å². The molecule has 1 aromatic rings. The third kappa shape index (κ3) is 4.98. The number of amides is 1. The fourth-order valence-corrected chi connectivity index (χ4v) is 1.81. The van der Waals surface area contributed by atoms with Crippen LogP contribution in [0.2, 0.25) is 0 Å². The van der Waals surface area contributed by atoms with Gasteiger partial charge in [0.2, 0.25) is 0 Å². The fourth-order valence-electron chi connectivity index (χ4n) is 1.65. The van der Waals surface area contributed by atoms with Gasteiger partial charge in [-0.25, -0.2) is 0 Å². The maximum absolute atomic E-state index is 12.0.